The molecular weight excluding hydrogens is 407 g/mol. The van der Waals surface area contributed by atoms with Crippen molar-refractivity contribution < 1.29 is 9.50 Å². The highest BCUT2D eigenvalue weighted by Crippen LogP contribution is 2.43. The summed E-state index contributed by atoms with van der Waals surface area (Å²) in [5.41, 5.74) is 2.05. The van der Waals surface area contributed by atoms with E-state index in [1.54, 1.807) is 18.6 Å². The summed E-state index contributed by atoms with van der Waals surface area (Å²) < 4.78 is 16.5. The van der Waals surface area contributed by atoms with E-state index in [4.69, 9.17) is 0 Å². The van der Waals surface area contributed by atoms with Gasteiger partial charge in [-0.1, -0.05) is 6.92 Å². The maximum absolute atomic E-state index is 14.7. The van der Waals surface area contributed by atoms with Crippen LogP contribution in [0.15, 0.2) is 49.1 Å². The Kier molecular flexibility index (Phi) is 5.33. The largest absolute Gasteiger partial charge is 0.507 e. The van der Waals surface area contributed by atoms with Crippen molar-refractivity contribution in [1.29, 1.82) is 0 Å². The molecule has 8 heteroatoms. The third-order valence-electron chi connectivity index (χ3n) is 7.40. The maximum atomic E-state index is 14.7. The van der Waals surface area contributed by atoms with Gasteiger partial charge in [-0.2, -0.15) is 0 Å². The van der Waals surface area contributed by atoms with Gasteiger partial charge in [-0.05, 0) is 56.5 Å². The van der Waals surface area contributed by atoms with Crippen LogP contribution in [0.5, 0.6) is 5.75 Å². The number of alkyl halides is 1. The zero-order chi connectivity index (χ0) is 22.4. The van der Waals surface area contributed by atoms with Crippen LogP contribution in [-0.4, -0.2) is 68.1 Å². The van der Waals surface area contributed by atoms with Gasteiger partial charge in [-0.3, -0.25) is 4.90 Å². The second kappa shape index (κ2) is 8.16. The average molecular weight is 437 g/mol. The van der Waals surface area contributed by atoms with Crippen molar-refractivity contribution in [3.8, 4) is 22.7 Å². The number of rotatable bonds is 5. The van der Waals surface area contributed by atoms with Crippen LogP contribution in [0.1, 0.15) is 26.2 Å². The Balaban J connectivity index is 1.37. The van der Waals surface area contributed by atoms with Gasteiger partial charge in [0.2, 0.25) is 0 Å². The van der Waals surface area contributed by atoms with Crippen LogP contribution in [0.3, 0.4) is 0 Å². The van der Waals surface area contributed by atoms with E-state index in [1.807, 2.05) is 42.1 Å². The van der Waals surface area contributed by atoms with Crippen molar-refractivity contribution in [2.24, 2.45) is 5.92 Å². The number of aromatic hydroxyl groups is 1. The van der Waals surface area contributed by atoms with Crippen LogP contribution in [-0.2, 0) is 0 Å². The number of nitrogens with zero attached hydrogens (tertiary/aromatic N) is 6. The minimum Gasteiger partial charge on any atom is -0.507 e. The van der Waals surface area contributed by atoms with E-state index in [1.165, 1.54) is 0 Å². The third-order valence-corrected chi connectivity index (χ3v) is 7.40. The van der Waals surface area contributed by atoms with E-state index >= 15 is 0 Å². The maximum Gasteiger partial charge on any atom is 0.151 e. The summed E-state index contributed by atoms with van der Waals surface area (Å²) in [6.07, 6.45) is 6.93. The van der Waals surface area contributed by atoms with Gasteiger partial charge in [0.05, 0.1) is 17.7 Å². The predicted octanol–water partition coefficient (Wildman–Crippen LogP) is 3.68. The summed E-state index contributed by atoms with van der Waals surface area (Å²) in [6, 6.07) is 9.74. The van der Waals surface area contributed by atoms with E-state index in [0.29, 0.717) is 17.7 Å². The molecule has 0 saturated carbocycles. The van der Waals surface area contributed by atoms with Crippen LogP contribution >= 0.6 is 0 Å². The second-order valence-corrected chi connectivity index (χ2v) is 9.00. The topological polar surface area (TPSA) is 70.3 Å². The van der Waals surface area contributed by atoms with Crippen molar-refractivity contribution in [3.63, 3.8) is 0 Å². The lowest BCUT2D eigenvalue weighted by Crippen LogP contribution is -2.55. The molecule has 2 fully saturated rings. The van der Waals surface area contributed by atoms with Crippen molar-refractivity contribution in [2.75, 3.05) is 19.0 Å². The molecule has 2 aliphatic heterocycles. The van der Waals surface area contributed by atoms with Gasteiger partial charge in [0.25, 0.3) is 0 Å². The summed E-state index contributed by atoms with van der Waals surface area (Å²) in [6.45, 7) is 2.15. The Labute approximate surface area is 187 Å². The molecule has 2 aromatic heterocycles. The highest BCUT2D eigenvalue weighted by atomic mass is 19.1. The zero-order valence-corrected chi connectivity index (χ0v) is 18.6. The summed E-state index contributed by atoms with van der Waals surface area (Å²) in [4.78, 5) is 8.45. The monoisotopic (exact) mass is 436 g/mol. The highest BCUT2D eigenvalue weighted by Gasteiger charge is 2.51. The lowest BCUT2D eigenvalue weighted by molar-refractivity contribution is 0.0737. The summed E-state index contributed by atoms with van der Waals surface area (Å²) >= 11 is 0. The number of imidazole rings is 1. The first-order chi connectivity index (χ1) is 15.5. The molecule has 0 radical (unpaired) electrons. The first-order valence-electron chi connectivity index (χ1n) is 11.2. The van der Waals surface area contributed by atoms with Gasteiger partial charge in [0.1, 0.15) is 11.9 Å². The third kappa shape index (κ3) is 3.43. The van der Waals surface area contributed by atoms with E-state index in [-0.39, 0.29) is 29.8 Å². The SMILES string of the molecule is CCC1C2[C@@H](F)CC(C[C@@H]1N(C)c1ccc(-c3ccc(-n4ccnc4)cc3O)nn1)N2C. The van der Waals surface area contributed by atoms with Crippen molar-refractivity contribution in [2.45, 2.75) is 50.5 Å². The van der Waals surface area contributed by atoms with E-state index in [0.717, 1.165) is 24.3 Å². The van der Waals surface area contributed by atoms with Gasteiger partial charge in [-0.15, -0.1) is 10.2 Å². The van der Waals surface area contributed by atoms with Crippen LogP contribution in [0.25, 0.3) is 16.9 Å². The number of piperidine rings is 1. The average Bonchev–Trinajstić information content (AvgIpc) is 3.39. The first-order valence-corrected chi connectivity index (χ1v) is 11.2. The highest BCUT2D eigenvalue weighted by molar-refractivity contribution is 5.69. The lowest BCUT2D eigenvalue weighted by Gasteiger charge is -2.46. The van der Waals surface area contributed by atoms with Gasteiger partial charge >= 0.3 is 0 Å². The number of hydrogen-bond donors (Lipinski definition) is 1. The molecule has 2 bridgehead atoms. The van der Waals surface area contributed by atoms with Crippen LogP contribution in [0, 0.1) is 5.92 Å². The molecule has 1 N–H and O–H groups in total. The van der Waals surface area contributed by atoms with Gasteiger partial charge in [0.15, 0.2) is 5.82 Å². The Hall–Kier alpha value is -3.00. The summed E-state index contributed by atoms with van der Waals surface area (Å²) in [5.74, 6) is 1.16. The molecule has 2 saturated heterocycles. The van der Waals surface area contributed by atoms with E-state index in [2.05, 4.69) is 39.0 Å². The smallest absolute Gasteiger partial charge is 0.151 e. The zero-order valence-electron chi connectivity index (χ0n) is 18.6. The molecule has 4 heterocycles. The number of aromatic nitrogens is 4. The Bertz CT molecular complexity index is 1070. The van der Waals surface area contributed by atoms with Gasteiger partial charge < -0.3 is 14.6 Å². The fourth-order valence-corrected chi connectivity index (χ4v) is 5.67. The molecule has 0 amide bonds. The molecule has 5 rings (SSSR count). The van der Waals surface area contributed by atoms with E-state index < -0.39 is 6.17 Å². The fraction of sp³-hybridized carbons (Fsp3) is 0.458. The normalized spacial score (nSPS) is 27.6. The molecule has 32 heavy (non-hydrogen) atoms. The number of hydrogen-bond acceptors (Lipinski definition) is 6. The van der Waals surface area contributed by atoms with E-state index in [9.17, 15) is 9.50 Å². The van der Waals surface area contributed by atoms with Crippen molar-refractivity contribution in [3.05, 3.63) is 49.1 Å². The van der Waals surface area contributed by atoms with Crippen molar-refractivity contribution >= 4 is 5.82 Å². The minimum atomic E-state index is -0.755. The van der Waals surface area contributed by atoms with Crippen LogP contribution in [0.2, 0.25) is 0 Å². The number of phenols is 1. The molecule has 3 aromatic rings. The molecule has 2 aliphatic rings. The summed E-state index contributed by atoms with van der Waals surface area (Å²) in [5, 5.41) is 19.4. The minimum absolute atomic E-state index is 0.0237. The van der Waals surface area contributed by atoms with Crippen LogP contribution < -0.4 is 4.90 Å². The number of fused-ring (bicyclic) bond motifs is 2. The molecule has 7 nitrogen and oxygen atoms in total. The first kappa shape index (κ1) is 20.9. The standard InChI is InChI=1S/C24H29FN6O/c1-4-17-21(12-16-11-19(25)24(17)29(16)2)30(3)23-8-7-20(27-28-23)18-6-5-15(13-22(18)32)31-10-9-26-14-31/h5-10,13-14,16-17,19,21,24,32H,4,11-12H2,1-3H3/t16?,17?,19-,21-,24?/m0/s1. The quantitative estimate of drug-likeness (QED) is 0.658. The molecule has 0 aliphatic carbocycles. The molecule has 168 valence electrons. The predicted molar refractivity (Wildman–Crippen MR) is 122 cm³/mol. The Morgan fingerprint density at radius 3 is 2.69 bits per heavy atom. The van der Waals surface area contributed by atoms with Gasteiger partial charge in [0, 0.05) is 49.2 Å². The molecule has 0 spiro atoms. The van der Waals surface area contributed by atoms with Crippen molar-refractivity contribution in [1.82, 2.24) is 24.6 Å². The molecule has 5 atom stereocenters. The number of phenolic OH excluding ortho intramolecular Hbond substituents is 1. The molecule has 1 aromatic carbocycles. The Morgan fingerprint density at radius 2 is 2.03 bits per heavy atom. The van der Waals surface area contributed by atoms with Crippen LogP contribution in [0.4, 0.5) is 10.2 Å². The lowest BCUT2D eigenvalue weighted by atomic mass is 9.82. The second-order valence-electron chi connectivity index (χ2n) is 9.00. The number of halogens is 1. The number of anilines is 1. The summed E-state index contributed by atoms with van der Waals surface area (Å²) in [7, 11) is 4.10. The molecular formula is C24H29FN6O. The van der Waals surface area contributed by atoms with Gasteiger partial charge in [-0.25, -0.2) is 9.37 Å². The molecule has 3 unspecified atom stereocenters. The fourth-order valence-electron chi connectivity index (χ4n) is 5.67. The number of benzene rings is 1. The Morgan fingerprint density at radius 1 is 1.19 bits per heavy atom.